The highest BCUT2D eigenvalue weighted by Crippen LogP contribution is 2.51. The van der Waals surface area contributed by atoms with Crippen LogP contribution in [0.25, 0.3) is 11.8 Å². The number of benzene rings is 1. The van der Waals surface area contributed by atoms with Crippen LogP contribution in [0.3, 0.4) is 0 Å². The van der Waals surface area contributed by atoms with E-state index >= 15 is 0 Å². The van der Waals surface area contributed by atoms with Crippen LogP contribution < -0.4 is 22.5 Å². The zero-order valence-electron chi connectivity index (χ0n) is 18.2. The minimum absolute atomic E-state index is 0.0636. The Bertz CT molecular complexity index is 876. The average molecular weight is 422 g/mol. The molecule has 0 saturated heterocycles. The van der Waals surface area contributed by atoms with Crippen molar-refractivity contribution >= 4 is 17.6 Å². The summed E-state index contributed by atoms with van der Waals surface area (Å²) in [5.41, 5.74) is 21.9. The van der Waals surface area contributed by atoms with E-state index in [1.807, 2.05) is 30.3 Å². The summed E-state index contributed by atoms with van der Waals surface area (Å²) in [6.07, 6.45) is 11.4. The highest BCUT2D eigenvalue weighted by Gasteiger charge is 2.39. The van der Waals surface area contributed by atoms with Crippen LogP contribution in [-0.4, -0.2) is 30.1 Å². The molecular weight excluding hydrogens is 386 g/mol. The highest BCUT2D eigenvalue weighted by atomic mass is 16.2. The van der Waals surface area contributed by atoms with Crippen LogP contribution in [0, 0.1) is 5.41 Å². The maximum atomic E-state index is 9.07. The fourth-order valence-electron chi connectivity index (χ4n) is 3.53. The summed E-state index contributed by atoms with van der Waals surface area (Å²) >= 11 is 0. The molecule has 1 fully saturated rings. The van der Waals surface area contributed by atoms with Crippen molar-refractivity contribution in [3.8, 4) is 0 Å². The number of aliphatic hydroxyl groups is 1. The van der Waals surface area contributed by atoms with E-state index < -0.39 is 0 Å². The van der Waals surface area contributed by atoms with Crippen molar-refractivity contribution in [3.05, 3.63) is 84.8 Å². The first-order chi connectivity index (χ1) is 14.9. The van der Waals surface area contributed by atoms with Crippen LogP contribution in [0.1, 0.15) is 36.8 Å². The molecule has 0 bridgehead atoms. The van der Waals surface area contributed by atoms with Gasteiger partial charge in [0.05, 0.1) is 23.9 Å². The molecule has 1 saturated carbocycles. The number of allylic oxidation sites excluding steroid dienone is 1. The number of hydrogen-bond acceptors (Lipinski definition) is 5. The second-order valence-electron chi connectivity index (χ2n) is 7.91. The van der Waals surface area contributed by atoms with E-state index in [1.54, 1.807) is 12.3 Å². The van der Waals surface area contributed by atoms with Gasteiger partial charge in [0.15, 0.2) is 0 Å². The van der Waals surface area contributed by atoms with Gasteiger partial charge in [0.1, 0.15) is 5.84 Å². The lowest BCUT2D eigenvalue weighted by atomic mass is 9.96. The van der Waals surface area contributed by atoms with Gasteiger partial charge in [-0.1, -0.05) is 62.2 Å². The molecule has 0 aliphatic heterocycles. The number of rotatable bonds is 13. The van der Waals surface area contributed by atoms with Crippen LogP contribution in [0.15, 0.2) is 78.6 Å². The van der Waals surface area contributed by atoms with Crippen molar-refractivity contribution in [2.24, 2.45) is 27.6 Å². The summed E-state index contributed by atoms with van der Waals surface area (Å²) in [7, 11) is 0. The van der Waals surface area contributed by atoms with Crippen molar-refractivity contribution in [2.45, 2.75) is 31.7 Å². The molecule has 1 aromatic carbocycles. The molecule has 31 heavy (non-hydrogen) atoms. The SMILES string of the molecule is C=CNCC(CCC1(/C=C/CO)CC1)N=C(N)C(C(=C)N)=C(N)c1ccc(C=C)cc1. The molecule has 0 radical (unpaired) electrons. The lowest BCUT2D eigenvalue weighted by Crippen LogP contribution is -2.29. The number of nitrogens with zero attached hydrogens (tertiary/aromatic N) is 1. The maximum absolute atomic E-state index is 9.07. The Morgan fingerprint density at radius 3 is 2.39 bits per heavy atom. The Morgan fingerprint density at radius 2 is 1.87 bits per heavy atom. The van der Waals surface area contributed by atoms with E-state index in [-0.39, 0.29) is 29.6 Å². The first kappa shape index (κ1) is 24.0. The third-order valence-corrected chi connectivity index (χ3v) is 5.57. The average Bonchev–Trinajstić information content (AvgIpc) is 3.54. The molecule has 0 spiro atoms. The Hall–Kier alpha value is -3.25. The van der Waals surface area contributed by atoms with E-state index in [4.69, 9.17) is 27.3 Å². The van der Waals surface area contributed by atoms with Gasteiger partial charge in [0, 0.05) is 12.2 Å². The van der Waals surface area contributed by atoms with Gasteiger partial charge >= 0.3 is 0 Å². The second kappa shape index (κ2) is 11.2. The minimum Gasteiger partial charge on any atom is -0.399 e. The summed E-state index contributed by atoms with van der Waals surface area (Å²) in [5.74, 6) is 0.268. The molecule has 2 rings (SSSR count). The summed E-state index contributed by atoms with van der Waals surface area (Å²) in [6, 6.07) is 7.55. The molecule has 6 nitrogen and oxygen atoms in total. The predicted molar refractivity (Wildman–Crippen MR) is 132 cm³/mol. The molecular formula is C25H35N5O. The molecule has 1 atom stereocenters. The number of aliphatic hydroxyl groups excluding tert-OH is 1. The van der Waals surface area contributed by atoms with E-state index in [0.717, 1.165) is 36.8 Å². The van der Waals surface area contributed by atoms with E-state index in [2.05, 4.69) is 31.1 Å². The minimum atomic E-state index is -0.0803. The molecule has 0 heterocycles. The van der Waals surface area contributed by atoms with Gasteiger partial charge in [-0.25, -0.2) is 0 Å². The summed E-state index contributed by atoms with van der Waals surface area (Å²) in [6.45, 7) is 12.0. The molecule has 166 valence electrons. The summed E-state index contributed by atoms with van der Waals surface area (Å²) < 4.78 is 0. The van der Waals surface area contributed by atoms with Gasteiger partial charge in [0.25, 0.3) is 0 Å². The molecule has 1 aliphatic rings. The third-order valence-electron chi connectivity index (χ3n) is 5.57. The molecule has 1 aromatic rings. The topological polar surface area (TPSA) is 123 Å². The molecule has 0 aromatic heterocycles. The fourth-order valence-corrected chi connectivity index (χ4v) is 3.53. The molecule has 6 heteroatoms. The third kappa shape index (κ3) is 6.89. The Kier molecular flexibility index (Phi) is 8.70. The van der Waals surface area contributed by atoms with Gasteiger partial charge in [-0.15, -0.1) is 0 Å². The lowest BCUT2D eigenvalue weighted by molar-refractivity contribution is 0.341. The largest absolute Gasteiger partial charge is 0.399 e. The lowest BCUT2D eigenvalue weighted by Gasteiger charge is -2.19. The quantitative estimate of drug-likeness (QED) is 0.145. The van der Waals surface area contributed by atoms with Crippen LogP contribution in [-0.2, 0) is 0 Å². The van der Waals surface area contributed by atoms with Crippen molar-refractivity contribution in [1.82, 2.24) is 5.32 Å². The molecule has 1 unspecified atom stereocenters. The van der Waals surface area contributed by atoms with E-state index in [0.29, 0.717) is 17.8 Å². The van der Waals surface area contributed by atoms with E-state index in [9.17, 15) is 0 Å². The van der Waals surface area contributed by atoms with Crippen LogP contribution >= 0.6 is 0 Å². The van der Waals surface area contributed by atoms with E-state index in [1.165, 1.54) is 0 Å². The second-order valence-corrected chi connectivity index (χ2v) is 7.91. The number of aliphatic imine (C=N–C) groups is 1. The van der Waals surface area contributed by atoms with Gasteiger partial charge in [-0.3, -0.25) is 4.99 Å². The zero-order valence-corrected chi connectivity index (χ0v) is 18.2. The smallest absolute Gasteiger partial charge is 0.130 e. The summed E-state index contributed by atoms with van der Waals surface area (Å²) in [5, 5.41) is 12.2. The van der Waals surface area contributed by atoms with Crippen molar-refractivity contribution in [3.63, 3.8) is 0 Å². The number of amidine groups is 1. The highest BCUT2D eigenvalue weighted by molar-refractivity contribution is 6.07. The number of nitrogens with two attached hydrogens (primary N) is 3. The number of hydrogen-bond donors (Lipinski definition) is 5. The maximum Gasteiger partial charge on any atom is 0.130 e. The van der Waals surface area contributed by atoms with Crippen molar-refractivity contribution < 1.29 is 5.11 Å². The standard InChI is InChI=1S/C25H35N5O/c1-4-19-7-9-20(10-8-19)23(27)22(18(3)26)24(28)30-21(17-29-5-2)11-13-25(14-15-25)12-6-16-31/h4-10,12,21,29,31H,1-3,11,13-17,26-27H2,(H2,28,30)/b12-6+,23-22?. The molecule has 0 amide bonds. The van der Waals surface area contributed by atoms with Crippen LogP contribution in [0.2, 0.25) is 0 Å². The van der Waals surface area contributed by atoms with Gasteiger partial charge in [0.2, 0.25) is 0 Å². The predicted octanol–water partition coefficient (Wildman–Crippen LogP) is 3.04. The van der Waals surface area contributed by atoms with Gasteiger partial charge in [-0.2, -0.15) is 0 Å². The molecule has 8 N–H and O–H groups in total. The fraction of sp³-hybridized carbons (Fsp3) is 0.320. The van der Waals surface area contributed by atoms with Crippen molar-refractivity contribution in [1.29, 1.82) is 0 Å². The van der Waals surface area contributed by atoms with Crippen LogP contribution in [0.4, 0.5) is 0 Å². The van der Waals surface area contributed by atoms with Crippen molar-refractivity contribution in [2.75, 3.05) is 13.2 Å². The Balaban J connectivity index is 2.27. The molecule has 1 aliphatic carbocycles. The zero-order chi connectivity index (χ0) is 22.9. The Labute approximate surface area is 185 Å². The first-order valence-corrected chi connectivity index (χ1v) is 10.5. The van der Waals surface area contributed by atoms with Crippen LogP contribution in [0.5, 0.6) is 0 Å². The van der Waals surface area contributed by atoms with Gasteiger partial charge < -0.3 is 27.6 Å². The Morgan fingerprint density at radius 1 is 1.19 bits per heavy atom. The number of nitrogens with one attached hydrogen (secondary N) is 1. The normalized spacial score (nSPS) is 17.0. The monoisotopic (exact) mass is 421 g/mol. The van der Waals surface area contributed by atoms with Gasteiger partial charge in [-0.05, 0) is 48.4 Å². The first-order valence-electron chi connectivity index (χ1n) is 10.5. The summed E-state index contributed by atoms with van der Waals surface area (Å²) in [4.78, 5) is 4.74.